The number of rotatable bonds is 3. The number of aromatic nitrogens is 1. The van der Waals surface area contributed by atoms with Crippen LogP contribution in [-0.2, 0) is 4.79 Å². The predicted molar refractivity (Wildman–Crippen MR) is 77.8 cm³/mol. The third kappa shape index (κ3) is 2.26. The van der Waals surface area contributed by atoms with Gasteiger partial charge in [0.2, 0.25) is 0 Å². The maximum atomic E-state index is 11.4. The van der Waals surface area contributed by atoms with Crippen LogP contribution in [-0.4, -0.2) is 16.4 Å². The molecule has 0 bridgehead atoms. The molecule has 0 amide bonds. The zero-order valence-electron chi connectivity index (χ0n) is 10.7. The molecule has 0 saturated carbocycles. The number of phenols is 1. The van der Waals surface area contributed by atoms with Crippen molar-refractivity contribution in [2.45, 2.75) is 5.92 Å². The highest BCUT2D eigenvalue weighted by atomic mass is 16.3. The average molecular weight is 263 g/mol. The summed E-state index contributed by atoms with van der Waals surface area (Å²) in [6.45, 7) is 0. The summed E-state index contributed by atoms with van der Waals surface area (Å²) in [5.41, 5.74) is 2.60. The summed E-state index contributed by atoms with van der Waals surface area (Å²) in [7, 11) is 0. The molecule has 20 heavy (non-hydrogen) atoms. The van der Waals surface area contributed by atoms with Gasteiger partial charge in [0.15, 0.2) is 0 Å². The number of pyridine rings is 1. The summed E-state index contributed by atoms with van der Waals surface area (Å²) in [5, 5.41) is 10.3. The number of hydrogen-bond donors (Lipinski definition) is 1. The Bertz CT molecular complexity index is 750. The lowest BCUT2D eigenvalue weighted by Gasteiger charge is -2.11. The topological polar surface area (TPSA) is 50.2 Å². The summed E-state index contributed by atoms with van der Waals surface area (Å²) >= 11 is 0. The molecule has 2 aromatic carbocycles. The molecule has 3 heteroatoms. The molecule has 1 atom stereocenters. The highest BCUT2D eigenvalue weighted by Gasteiger charge is 2.14. The van der Waals surface area contributed by atoms with E-state index in [4.69, 9.17) is 0 Å². The van der Waals surface area contributed by atoms with E-state index in [1.807, 2.05) is 30.3 Å². The van der Waals surface area contributed by atoms with Crippen LogP contribution in [0.2, 0.25) is 0 Å². The van der Waals surface area contributed by atoms with Gasteiger partial charge >= 0.3 is 0 Å². The monoisotopic (exact) mass is 263 g/mol. The average Bonchev–Trinajstić information content (AvgIpc) is 2.50. The number of phenolic OH excluding ortho intramolecular Hbond substituents is 1. The molecule has 0 aliphatic carbocycles. The molecule has 0 saturated heterocycles. The molecule has 1 N–H and O–H groups in total. The summed E-state index contributed by atoms with van der Waals surface area (Å²) < 4.78 is 0. The Kier molecular flexibility index (Phi) is 3.17. The minimum Gasteiger partial charge on any atom is -0.508 e. The van der Waals surface area contributed by atoms with Gasteiger partial charge in [-0.3, -0.25) is 4.98 Å². The van der Waals surface area contributed by atoms with Crippen LogP contribution in [0.15, 0.2) is 60.8 Å². The van der Waals surface area contributed by atoms with Crippen LogP contribution in [0.3, 0.4) is 0 Å². The van der Waals surface area contributed by atoms with Crippen LogP contribution >= 0.6 is 0 Å². The maximum absolute atomic E-state index is 11.4. The fourth-order valence-electron chi connectivity index (χ4n) is 2.29. The molecule has 0 spiro atoms. The molecule has 3 aromatic rings. The van der Waals surface area contributed by atoms with Gasteiger partial charge in [-0.1, -0.05) is 30.3 Å². The van der Waals surface area contributed by atoms with E-state index in [0.29, 0.717) is 0 Å². The van der Waals surface area contributed by atoms with Crippen molar-refractivity contribution in [3.8, 4) is 5.75 Å². The Hall–Kier alpha value is -2.68. The van der Waals surface area contributed by atoms with E-state index in [0.717, 1.165) is 28.3 Å². The molecular weight excluding hydrogens is 250 g/mol. The number of benzene rings is 2. The molecule has 1 aromatic heterocycles. The van der Waals surface area contributed by atoms with Crippen molar-refractivity contribution in [2.24, 2.45) is 0 Å². The van der Waals surface area contributed by atoms with Gasteiger partial charge in [-0.2, -0.15) is 0 Å². The van der Waals surface area contributed by atoms with E-state index < -0.39 is 0 Å². The van der Waals surface area contributed by atoms with Crippen LogP contribution in [0.25, 0.3) is 10.9 Å². The number of hydrogen-bond acceptors (Lipinski definition) is 3. The molecule has 3 rings (SSSR count). The Balaban J connectivity index is 2.06. The number of nitrogens with zero attached hydrogens (tertiary/aromatic N) is 1. The normalized spacial score (nSPS) is 12.2. The van der Waals surface area contributed by atoms with Gasteiger partial charge in [-0.05, 0) is 35.4 Å². The number of aromatic hydroxyl groups is 1. The standard InChI is InChI=1S/C17H13NO2/c19-11-16(12-5-7-15(20)8-6-12)14-9-13-3-1-2-4-17(13)18-10-14/h1-11,16,20H. The zero-order chi connectivity index (χ0) is 13.9. The molecule has 0 fully saturated rings. The molecule has 0 radical (unpaired) electrons. The van der Waals surface area contributed by atoms with Crippen LogP contribution in [0, 0.1) is 0 Å². The Morgan fingerprint density at radius 2 is 1.75 bits per heavy atom. The fourth-order valence-corrected chi connectivity index (χ4v) is 2.29. The SMILES string of the molecule is O=CC(c1ccc(O)cc1)c1cnc2ccccc2c1. The summed E-state index contributed by atoms with van der Waals surface area (Å²) in [6.07, 6.45) is 2.63. The van der Waals surface area contributed by atoms with Gasteiger partial charge in [-0.25, -0.2) is 0 Å². The van der Waals surface area contributed by atoms with Gasteiger partial charge in [-0.15, -0.1) is 0 Å². The first kappa shape index (κ1) is 12.4. The van der Waals surface area contributed by atoms with E-state index >= 15 is 0 Å². The largest absolute Gasteiger partial charge is 0.508 e. The van der Waals surface area contributed by atoms with Crippen LogP contribution in [0.5, 0.6) is 5.75 Å². The lowest BCUT2D eigenvalue weighted by molar-refractivity contribution is -0.108. The minimum absolute atomic E-state index is 0.190. The van der Waals surface area contributed by atoms with Gasteiger partial charge < -0.3 is 9.90 Å². The van der Waals surface area contributed by atoms with Gasteiger partial charge in [0.1, 0.15) is 12.0 Å². The van der Waals surface area contributed by atoms with Crippen molar-refractivity contribution in [2.75, 3.05) is 0 Å². The highest BCUT2D eigenvalue weighted by Crippen LogP contribution is 2.26. The molecule has 1 heterocycles. The predicted octanol–water partition coefficient (Wildman–Crippen LogP) is 3.27. The quantitative estimate of drug-likeness (QED) is 0.738. The second-order valence-corrected chi connectivity index (χ2v) is 4.67. The summed E-state index contributed by atoms with van der Waals surface area (Å²) in [5.74, 6) is -0.178. The molecule has 1 unspecified atom stereocenters. The second kappa shape index (κ2) is 5.13. The van der Waals surface area contributed by atoms with Crippen molar-refractivity contribution in [1.29, 1.82) is 0 Å². The summed E-state index contributed by atoms with van der Waals surface area (Å²) in [4.78, 5) is 15.8. The number of para-hydroxylation sites is 1. The maximum Gasteiger partial charge on any atom is 0.131 e. The number of fused-ring (bicyclic) bond motifs is 1. The van der Waals surface area contributed by atoms with Crippen LogP contribution in [0.4, 0.5) is 0 Å². The Morgan fingerprint density at radius 1 is 1.00 bits per heavy atom. The van der Waals surface area contributed by atoms with Gasteiger partial charge in [0.25, 0.3) is 0 Å². The third-order valence-electron chi connectivity index (χ3n) is 3.36. The first-order valence-corrected chi connectivity index (χ1v) is 6.37. The number of aldehydes is 1. The van der Waals surface area contributed by atoms with Crippen LogP contribution < -0.4 is 0 Å². The second-order valence-electron chi connectivity index (χ2n) is 4.67. The van der Waals surface area contributed by atoms with Crippen molar-refractivity contribution in [3.63, 3.8) is 0 Å². The van der Waals surface area contributed by atoms with E-state index in [-0.39, 0.29) is 11.7 Å². The van der Waals surface area contributed by atoms with Crippen molar-refractivity contribution in [1.82, 2.24) is 4.98 Å². The smallest absolute Gasteiger partial charge is 0.131 e. The van der Waals surface area contributed by atoms with E-state index in [2.05, 4.69) is 4.98 Å². The van der Waals surface area contributed by atoms with Crippen LogP contribution in [0.1, 0.15) is 17.0 Å². The molecular formula is C17H13NO2. The lowest BCUT2D eigenvalue weighted by Crippen LogP contribution is -2.03. The fraction of sp³-hybridized carbons (Fsp3) is 0.0588. The number of carbonyl (C=O) groups is 1. The van der Waals surface area contributed by atoms with Gasteiger partial charge in [0.05, 0.1) is 11.4 Å². The molecule has 98 valence electrons. The Morgan fingerprint density at radius 3 is 2.50 bits per heavy atom. The highest BCUT2D eigenvalue weighted by molar-refractivity contribution is 5.80. The van der Waals surface area contributed by atoms with E-state index in [9.17, 15) is 9.90 Å². The van der Waals surface area contributed by atoms with Crippen molar-refractivity contribution in [3.05, 3.63) is 71.9 Å². The van der Waals surface area contributed by atoms with E-state index in [1.54, 1.807) is 30.5 Å². The Labute approximate surface area is 116 Å². The first-order valence-electron chi connectivity index (χ1n) is 6.37. The molecule has 3 nitrogen and oxygen atoms in total. The minimum atomic E-state index is -0.368. The molecule has 0 aliphatic heterocycles. The number of carbonyl (C=O) groups excluding carboxylic acids is 1. The molecule has 0 aliphatic rings. The summed E-state index contributed by atoms with van der Waals surface area (Å²) in [6, 6.07) is 16.5. The lowest BCUT2D eigenvalue weighted by atomic mass is 9.93. The third-order valence-corrected chi connectivity index (χ3v) is 3.36. The van der Waals surface area contributed by atoms with Crippen molar-refractivity contribution < 1.29 is 9.90 Å². The van der Waals surface area contributed by atoms with E-state index in [1.165, 1.54) is 0 Å². The first-order chi connectivity index (χ1) is 9.78. The van der Waals surface area contributed by atoms with Gasteiger partial charge in [0, 0.05) is 11.6 Å². The zero-order valence-corrected chi connectivity index (χ0v) is 10.7. The van der Waals surface area contributed by atoms with Crippen molar-refractivity contribution >= 4 is 17.2 Å².